The maximum atomic E-state index is 15.1. The molecule has 3 heterocycles. The molecule has 1 fully saturated rings. The fraction of sp³-hybridized carbons (Fsp3) is 0.194. The minimum atomic E-state index is -1.38. The Bertz CT molecular complexity index is 1780. The fourth-order valence-electron chi connectivity index (χ4n) is 7.18. The number of ketones is 2. The highest BCUT2D eigenvalue weighted by Crippen LogP contribution is 2.62. The van der Waals surface area contributed by atoms with Crippen molar-refractivity contribution in [3.05, 3.63) is 137 Å². The molecule has 1 saturated heterocycles. The highest BCUT2D eigenvalue weighted by molar-refractivity contribution is 6.17. The number of hydrogen-bond acceptors (Lipinski definition) is 5. The molecule has 1 spiro atoms. The highest BCUT2D eigenvalue weighted by Gasteiger charge is 2.70. The molecule has 0 radical (unpaired) electrons. The second-order valence-electron chi connectivity index (χ2n) is 11.1. The number of Topliss-reactive ketones (excluding diaryl/α,β-unsaturated/α-hetero) is 2. The predicted octanol–water partition coefficient (Wildman–Crippen LogP) is 6.38. The Labute approximate surface area is 244 Å². The van der Waals surface area contributed by atoms with Crippen LogP contribution in [0.25, 0.3) is 6.08 Å². The molecule has 0 aromatic heterocycles. The number of benzene rings is 4. The van der Waals surface area contributed by atoms with Crippen LogP contribution in [0, 0.1) is 12.8 Å². The molecule has 7 rings (SSSR count). The SMILES string of the molecule is CCOc1ccccc1C(=O)C1C(C(=O)c2ccc(C)cc2)N2C=Cc3ccccc3C2C12C(=O)Nc1ccccc12. The summed E-state index contributed by atoms with van der Waals surface area (Å²) in [4.78, 5) is 46.2. The van der Waals surface area contributed by atoms with E-state index in [1.807, 2.05) is 97.8 Å². The summed E-state index contributed by atoms with van der Waals surface area (Å²) in [6, 6.07) is 28.4. The van der Waals surface area contributed by atoms with E-state index < -0.39 is 23.4 Å². The van der Waals surface area contributed by atoms with E-state index in [0.29, 0.717) is 29.2 Å². The molecular weight excluding hydrogens is 524 g/mol. The average Bonchev–Trinajstić information content (AvgIpc) is 3.49. The fourth-order valence-corrected chi connectivity index (χ4v) is 7.18. The molecule has 0 bridgehead atoms. The van der Waals surface area contributed by atoms with Crippen molar-refractivity contribution in [3.8, 4) is 5.75 Å². The van der Waals surface area contributed by atoms with Crippen LogP contribution in [0.3, 0.4) is 0 Å². The second-order valence-corrected chi connectivity index (χ2v) is 11.1. The van der Waals surface area contributed by atoms with Gasteiger partial charge < -0.3 is 15.0 Å². The third-order valence-corrected chi connectivity index (χ3v) is 8.91. The topological polar surface area (TPSA) is 75.7 Å². The van der Waals surface area contributed by atoms with Crippen molar-refractivity contribution >= 4 is 29.2 Å². The van der Waals surface area contributed by atoms with Gasteiger partial charge in [-0.1, -0.05) is 84.4 Å². The van der Waals surface area contributed by atoms with Crippen LogP contribution in [0.1, 0.15) is 55.9 Å². The lowest BCUT2D eigenvalue weighted by atomic mass is 9.62. The van der Waals surface area contributed by atoms with Crippen LogP contribution in [0.15, 0.2) is 103 Å². The van der Waals surface area contributed by atoms with Crippen LogP contribution < -0.4 is 10.1 Å². The first-order chi connectivity index (χ1) is 20.5. The maximum absolute atomic E-state index is 15.1. The van der Waals surface area contributed by atoms with Gasteiger partial charge in [-0.2, -0.15) is 0 Å². The first kappa shape index (κ1) is 26.0. The molecule has 4 unspecified atom stereocenters. The standard InChI is InChI=1S/C36H30N2O4/c1-3-42-29-15-9-6-12-26(29)33(40)30-31(32(39)24-18-16-22(2)17-19-24)38-21-20-23-10-4-5-11-25(23)34(38)36(30)27-13-7-8-14-28(27)37-35(36)41/h4-21,30-31,34H,3H2,1-2H3,(H,37,41). The lowest BCUT2D eigenvalue weighted by Gasteiger charge is -2.38. The summed E-state index contributed by atoms with van der Waals surface area (Å²) in [6.45, 7) is 4.21. The van der Waals surface area contributed by atoms with Crippen LogP contribution in [-0.2, 0) is 10.2 Å². The van der Waals surface area contributed by atoms with Gasteiger partial charge in [0, 0.05) is 17.5 Å². The number of nitrogens with zero attached hydrogens (tertiary/aromatic N) is 1. The Morgan fingerprint density at radius 2 is 1.60 bits per heavy atom. The molecule has 3 aliphatic heterocycles. The normalized spacial score (nSPS) is 23.2. The minimum Gasteiger partial charge on any atom is -0.493 e. The number of hydrogen-bond donors (Lipinski definition) is 1. The molecule has 42 heavy (non-hydrogen) atoms. The summed E-state index contributed by atoms with van der Waals surface area (Å²) in [7, 11) is 0. The van der Waals surface area contributed by atoms with Crippen LogP contribution in [0.2, 0.25) is 0 Å². The van der Waals surface area contributed by atoms with Gasteiger partial charge in [-0.05, 0) is 54.8 Å². The summed E-state index contributed by atoms with van der Waals surface area (Å²) < 4.78 is 5.90. The molecule has 0 saturated carbocycles. The summed E-state index contributed by atoms with van der Waals surface area (Å²) >= 11 is 0. The van der Waals surface area contributed by atoms with Gasteiger partial charge in [-0.3, -0.25) is 14.4 Å². The molecular formula is C36H30N2O4. The van der Waals surface area contributed by atoms with Crippen LogP contribution in [0.5, 0.6) is 5.75 Å². The lowest BCUT2D eigenvalue weighted by molar-refractivity contribution is -0.122. The molecule has 1 amide bonds. The first-order valence-electron chi connectivity index (χ1n) is 14.3. The number of carbonyl (C=O) groups is 3. The highest BCUT2D eigenvalue weighted by atomic mass is 16.5. The Balaban J connectivity index is 1.54. The Morgan fingerprint density at radius 1 is 0.881 bits per heavy atom. The summed E-state index contributed by atoms with van der Waals surface area (Å²) in [5.74, 6) is -1.39. The Kier molecular flexibility index (Phi) is 6.08. The van der Waals surface area contributed by atoms with E-state index >= 15 is 4.79 Å². The zero-order chi connectivity index (χ0) is 29.0. The zero-order valence-corrected chi connectivity index (χ0v) is 23.4. The number of para-hydroxylation sites is 2. The third-order valence-electron chi connectivity index (χ3n) is 8.91. The van der Waals surface area contributed by atoms with Gasteiger partial charge in [0.15, 0.2) is 11.6 Å². The molecule has 4 atom stereocenters. The van der Waals surface area contributed by atoms with Crippen LogP contribution in [-0.4, -0.2) is 35.0 Å². The monoisotopic (exact) mass is 554 g/mol. The average molecular weight is 555 g/mol. The Hall–Kier alpha value is -4.97. The third kappa shape index (κ3) is 3.61. The lowest BCUT2D eigenvalue weighted by Crippen LogP contribution is -2.49. The molecule has 1 N–H and O–H groups in total. The van der Waals surface area contributed by atoms with Gasteiger partial charge >= 0.3 is 0 Å². The number of carbonyl (C=O) groups excluding carboxylic acids is 3. The summed E-state index contributed by atoms with van der Waals surface area (Å²) in [6.07, 6.45) is 3.86. The predicted molar refractivity (Wildman–Crippen MR) is 162 cm³/mol. The summed E-state index contributed by atoms with van der Waals surface area (Å²) in [5, 5.41) is 3.09. The molecule has 0 aliphatic carbocycles. The van der Waals surface area contributed by atoms with Gasteiger partial charge in [-0.25, -0.2) is 0 Å². The summed E-state index contributed by atoms with van der Waals surface area (Å²) in [5.41, 5.74) is 3.76. The first-order valence-corrected chi connectivity index (χ1v) is 14.3. The van der Waals surface area contributed by atoms with Crippen molar-refractivity contribution in [1.82, 2.24) is 4.90 Å². The molecule has 208 valence electrons. The van der Waals surface area contributed by atoms with E-state index in [4.69, 9.17) is 4.74 Å². The van der Waals surface area contributed by atoms with Crippen LogP contribution >= 0.6 is 0 Å². The number of ether oxygens (including phenoxy) is 1. The van der Waals surface area contributed by atoms with Gasteiger partial charge in [0.05, 0.1) is 24.1 Å². The van der Waals surface area contributed by atoms with Crippen LogP contribution in [0.4, 0.5) is 5.69 Å². The van der Waals surface area contributed by atoms with Gasteiger partial charge in [0.1, 0.15) is 17.2 Å². The van der Waals surface area contributed by atoms with E-state index in [9.17, 15) is 9.59 Å². The van der Waals surface area contributed by atoms with E-state index in [2.05, 4.69) is 5.32 Å². The molecule has 4 aromatic rings. The Morgan fingerprint density at radius 3 is 2.40 bits per heavy atom. The number of fused-ring (bicyclic) bond motifs is 6. The minimum absolute atomic E-state index is 0.203. The molecule has 3 aliphatic rings. The maximum Gasteiger partial charge on any atom is 0.238 e. The molecule has 4 aromatic carbocycles. The van der Waals surface area contributed by atoms with Crippen molar-refractivity contribution in [2.75, 3.05) is 11.9 Å². The van der Waals surface area contributed by atoms with E-state index in [-0.39, 0.29) is 17.5 Å². The van der Waals surface area contributed by atoms with Crippen molar-refractivity contribution < 1.29 is 19.1 Å². The van der Waals surface area contributed by atoms with Crippen molar-refractivity contribution in [3.63, 3.8) is 0 Å². The second kappa shape index (κ2) is 9.84. The largest absolute Gasteiger partial charge is 0.493 e. The van der Waals surface area contributed by atoms with Gasteiger partial charge in [0.25, 0.3) is 0 Å². The zero-order valence-electron chi connectivity index (χ0n) is 23.4. The molecule has 6 nitrogen and oxygen atoms in total. The number of rotatable bonds is 6. The number of aryl methyl sites for hydroxylation is 1. The van der Waals surface area contributed by atoms with Crippen molar-refractivity contribution in [2.24, 2.45) is 5.92 Å². The van der Waals surface area contributed by atoms with E-state index in [1.54, 1.807) is 30.3 Å². The number of nitrogens with one attached hydrogen (secondary N) is 1. The van der Waals surface area contributed by atoms with Gasteiger partial charge in [0.2, 0.25) is 5.91 Å². The quantitative estimate of drug-likeness (QED) is 0.280. The molecule has 6 heteroatoms. The van der Waals surface area contributed by atoms with Crippen molar-refractivity contribution in [1.29, 1.82) is 0 Å². The van der Waals surface area contributed by atoms with E-state index in [0.717, 1.165) is 22.3 Å². The smallest absolute Gasteiger partial charge is 0.238 e. The van der Waals surface area contributed by atoms with Gasteiger partial charge in [-0.15, -0.1) is 0 Å². The number of amides is 1. The van der Waals surface area contributed by atoms with E-state index in [1.165, 1.54) is 0 Å². The van der Waals surface area contributed by atoms with Crippen molar-refractivity contribution in [2.45, 2.75) is 31.3 Å². The number of anilines is 1.